The first-order valence-corrected chi connectivity index (χ1v) is 8.89. The highest BCUT2D eigenvalue weighted by atomic mass is 79.9. The summed E-state index contributed by atoms with van der Waals surface area (Å²) in [5.41, 5.74) is 5.02. The Labute approximate surface area is 148 Å². The maximum Gasteiger partial charge on any atom is 0.350 e. The van der Waals surface area contributed by atoms with Crippen LogP contribution in [0.1, 0.15) is 18.1 Å². The average molecular weight is 395 g/mol. The number of hydrogen-bond acceptors (Lipinski definition) is 4. The van der Waals surface area contributed by atoms with Crippen LogP contribution in [0.3, 0.4) is 0 Å². The molecular weight excluding hydrogens is 376 g/mol. The van der Waals surface area contributed by atoms with Gasteiger partial charge in [0.15, 0.2) is 0 Å². The van der Waals surface area contributed by atoms with Gasteiger partial charge in [0, 0.05) is 15.1 Å². The number of thioether (sulfide) groups is 1. The van der Waals surface area contributed by atoms with Crippen molar-refractivity contribution in [3.8, 4) is 0 Å². The molecule has 0 bridgehead atoms. The molecule has 0 saturated carbocycles. The highest BCUT2D eigenvalue weighted by Crippen LogP contribution is 2.36. The molecule has 2 amide bonds. The molecule has 0 atom stereocenters. The first-order valence-electron chi connectivity index (χ1n) is 7.12. The Morgan fingerprint density at radius 3 is 2.57 bits per heavy atom. The smallest absolute Gasteiger partial charge is 0.274 e. The quantitative estimate of drug-likeness (QED) is 0.313. The molecular formula is C16H19BrN4OS. The number of amides is 2. The van der Waals surface area contributed by atoms with Crippen molar-refractivity contribution in [3.05, 3.63) is 58.1 Å². The molecule has 7 heteroatoms. The molecule has 23 heavy (non-hydrogen) atoms. The number of carbonyl (C=O) groups is 1. The van der Waals surface area contributed by atoms with Gasteiger partial charge >= 0.3 is 6.03 Å². The van der Waals surface area contributed by atoms with Gasteiger partial charge in [-0.1, -0.05) is 53.2 Å². The fraction of sp³-hybridized carbons (Fsp3) is 0.188. The van der Waals surface area contributed by atoms with Gasteiger partial charge in [-0.15, -0.1) is 11.8 Å². The molecule has 5 N–H and O–H groups in total. The number of hydrogen-bond donors (Lipinski definition) is 3. The van der Waals surface area contributed by atoms with Crippen LogP contribution in [-0.4, -0.2) is 6.03 Å². The van der Waals surface area contributed by atoms with Gasteiger partial charge in [0.2, 0.25) is 0 Å². The Hall–Kier alpha value is -1.54. The van der Waals surface area contributed by atoms with E-state index in [-0.39, 0.29) is 0 Å². The first-order chi connectivity index (χ1) is 11.1. The first kappa shape index (κ1) is 17.8. The SMILES string of the molecule is CCc1cccc(N(N)C(=O)NN)c1SCc1ccccc1Br. The third-order valence-corrected chi connectivity index (χ3v) is 5.38. The van der Waals surface area contributed by atoms with Gasteiger partial charge < -0.3 is 0 Å². The van der Waals surface area contributed by atoms with Crippen molar-refractivity contribution in [2.45, 2.75) is 24.0 Å². The number of anilines is 1. The number of carbonyl (C=O) groups excluding carboxylic acids is 1. The number of urea groups is 1. The van der Waals surface area contributed by atoms with E-state index in [1.807, 2.05) is 36.4 Å². The monoisotopic (exact) mass is 394 g/mol. The zero-order chi connectivity index (χ0) is 16.8. The van der Waals surface area contributed by atoms with Crippen molar-refractivity contribution in [1.82, 2.24) is 5.43 Å². The number of nitrogens with zero attached hydrogens (tertiary/aromatic N) is 1. The lowest BCUT2D eigenvalue weighted by atomic mass is 10.1. The summed E-state index contributed by atoms with van der Waals surface area (Å²) in [6.45, 7) is 2.07. The van der Waals surface area contributed by atoms with Gasteiger partial charge in [-0.25, -0.2) is 21.5 Å². The molecule has 2 aromatic rings. The van der Waals surface area contributed by atoms with Crippen molar-refractivity contribution in [2.75, 3.05) is 5.01 Å². The normalized spacial score (nSPS) is 10.4. The zero-order valence-electron chi connectivity index (χ0n) is 12.8. The standard InChI is InChI=1S/C16H19BrN4OS/c1-2-11-7-5-9-14(21(19)16(22)20-18)15(11)23-10-12-6-3-4-8-13(12)17/h3-9H,2,10,18-19H2,1H3,(H,20,22). The van der Waals surface area contributed by atoms with Gasteiger partial charge in [-0.05, 0) is 29.7 Å². The highest BCUT2D eigenvalue weighted by molar-refractivity contribution is 9.10. The Balaban J connectivity index is 2.32. The van der Waals surface area contributed by atoms with E-state index in [9.17, 15) is 4.79 Å². The van der Waals surface area contributed by atoms with Crippen LogP contribution < -0.4 is 22.1 Å². The van der Waals surface area contributed by atoms with Crippen LogP contribution >= 0.6 is 27.7 Å². The number of hydrazine groups is 2. The van der Waals surface area contributed by atoms with Gasteiger partial charge in [0.05, 0.1) is 5.69 Å². The van der Waals surface area contributed by atoms with E-state index < -0.39 is 6.03 Å². The van der Waals surface area contributed by atoms with Crippen LogP contribution in [0.5, 0.6) is 0 Å². The van der Waals surface area contributed by atoms with E-state index in [1.54, 1.807) is 11.8 Å². The second kappa shape index (κ2) is 8.35. The molecule has 0 fully saturated rings. The number of aryl methyl sites for hydroxylation is 1. The van der Waals surface area contributed by atoms with Crippen LogP contribution in [0.15, 0.2) is 51.8 Å². The minimum atomic E-state index is -0.555. The molecule has 0 unspecified atom stereocenters. The number of rotatable bonds is 5. The highest BCUT2D eigenvalue weighted by Gasteiger charge is 2.17. The van der Waals surface area contributed by atoms with Gasteiger partial charge in [0.25, 0.3) is 0 Å². The predicted octanol–water partition coefficient (Wildman–Crippen LogP) is 3.57. The summed E-state index contributed by atoms with van der Waals surface area (Å²) in [6.07, 6.45) is 0.851. The summed E-state index contributed by atoms with van der Waals surface area (Å²) in [6, 6.07) is 13.3. The lowest BCUT2D eigenvalue weighted by Crippen LogP contribution is -2.47. The maximum atomic E-state index is 11.7. The van der Waals surface area contributed by atoms with Gasteiger partial charge in [0.1, 0.15) is 0 Å². The molecule has 0 aliphatic heterocycles. The van der Waals surface area contributed by atoms with Crippen molar-refractivity contribution in [1.29, 1.82) is 0 Å². The van der Waals surface area contributed by atoms with Crippen LogP contribution in [0.25, 0.3) is 0 Å². The molecule has 0 aromatic heterocycles. The Bertz CT molecular complexity index is 696. The predicted molar refractivity (Wildman–Crippen MR) is 98.9 cm³/mol. The second-order valence-corrected chi connectivity index (χ2v) is 6.66. The van der Waals surface area contributed by atoms with E-state index in [0.717, 1.165) is 32.1 Å². The van der Waals surface area contributed by atoms with Crippen LogP contribution in [0.2, 0.25) is 0 Å². The van der Waals surface area contributed by atoms with Crippen molar-refractivity contribution >= 4 is 39.4 Å². The third kappa shape index (κ3) is 4.26. The summed E-state index contributed by atoms with van der Waals surface area (Å²) in [5.74, 6) is 11.8. The molecule has 0 spiro atoms. The van der Waals surface area contributed by atoms with E-state index >= 15 is 0 Å². The van der Waals surface area contributed by atoms with Crippen molar-refractivity contribution < 1.29 is 4.79 Å². The molecule has 0 saturated heterocycles. The maximum absolute atomic E-state index is 11.7. The number of benzene rings is 2. The molecule has 2 aromatic carbocycles. The third-order valence-electron chi connectivity index (χ3n) is 3.39. The zero-order valence-corrected chi connectivity index (χ0v) is 15.2. The number of nitrogens with two attached hydrogens (primary N) is 2. The largest absolute Gasteiger partial charge is 0.350 e. The number of halogens is 1. The van der Waals surface area contributed by atoms with Crippen LogP contribution in [-0.2, 0) is 12.2 Å². The summed E-state index contributed by atoms with van der Waals surface area (Å²) < 4.78 is 1.06. The van der Waals surface area contributed by atoms with Gasteiger partial charge in [-0.3, -0.25) is 5.43 Å². The second-order valence-electron chi connectivity index (χ2n) is 4.82. The summed E-state index contributed by atoms with van der Waals surface area (Å²) in [7, 11) is 0. The average Bonchev–Trinajstić information content (AvgIpc) is 2.59. The fourth-order valence-electron chi connectivity index (χ4n) is 2.15. The minimum absolute atomic E-state index is 0.555. The molecule has 122 valence electrons. The van der Waals surface area contributed by atoms with Crippen molar-refractivity contribution in [2.24, 2.45) is 11.7 Å². The molecule has 0 aliphatic carbocycles. The fourth-order valence-corrected chi connectivity index (χ4v) is 4.02. The molecule has 5 nitrogen and oxygen atoms in total. The van der Waals surface area contributed by atoms with E-state index in [1.165, 1.54) is 5.56 Å². The van der Waals surface area contributed by atoms with Crippen LogP contribution in [0, 0.1) is 0 Å². The summed E-state index contributed by atoms with van der Waals surface area (Å²) in [4.78, 5) is 12.7. The molecule has 2 rings (SSSR count). The Kier molecular flexibility index (Phi) is 6.47. The van der Waals surface area contributed by atoms with Crippen LogP contribution in [0.4, 0.5) is 10.5 Å². The van der Waals surface area contributed by atoms with E-state index in [0.29, 0.717) is 5.69 Å². The Morgan fingerprint density at radius 1 is 1.22 bits per heavy atom. The lowest BCUT2D eigenvalue weighted by Gasteiger charge is -2.21. The van der Waals surface area contributed by atoms with E-state index in [4.69, 9.17) is 11.7 Å². The Morgan fingerprint density at radius 2 is 1.91 bits per heavy atom. The number of nitrogens with one attached hydrogen (secondary N) is 1. The molecule has 0 heterocycles. The van der Waals surface area contributed by atoms with Crippen molar-refractivity contribution in [3.63, 3.8) is 0 Å². The lowest BCUT2D eigenvalue weighted by molar-refractivity contribution is 0.246. The molecule has 0 radical (unpaired) electrons. The summed E-state index contributed by atoms with van der Waals surface area (Å²) >= 11 is 5.21. The molecule has 0 aliphatic rings. The summed E-state index contributed by atoms with van der Waals surface area (Å²) in [5, 5.41) is 1.04. The topological polar surface area (TPSA) is 84.4 Å². The van der Waals surface area contributed by atoms with Gasteiger partial charge in [-0.2, -0.15) is 0 Å². The minimum Gasteiger partial charge on any atom is -0.274 e. The van der Waals surface area contributed by atoms with E-state index in [2.05, 4.69) is 34.3 Å².